The minimum atomic E-state index is 0.352. The van der Waals surface area contributed by atoms with E-state index in [4.69, 9.17) is 40.2 Å². The van der Waals surface area contributed by atoms with Crippen molar-refractivity contribution in [2.24, 2.45) is 0 Å². The van der Waals surface area contributed by atoms with Crippen LogP contribution in [-0.2, 0) is 4.74 Å². The minimum Gasteiger partial charge on any atom is -0.378 e. The summed E-state index contributed by atoms with van der Waals surface area (Å²) in [4.78, 5) is 3.18. The lowest BCUT2D eigenvalue weighted by Gasteiger charge is -2.36. The molecule has 0 radical (unpaired) electrons. The van der Waals surface area contributed by atoms with Crippen molar-refractivity contribution in [3.8, 4) is 0 Å². The Hall–Kier alpha value is -0.550. The number of hydrogen-bond donors (Lipinski definition) is 1. The highest BCUT2D eigenvalue weighted by atomic mass is 35.5. The van der Waals surface area contributed by atoms with Gasteiger partial charge in [-0.25, -0.2) is 0 Å². The Bertz CT molecular complexity index is 673. The summed E-state index contributed by atoms with van der Waals surface area (Å²) in [6.45, 7) is 2.78. The van der Waals surface area contributed by atoms with Gasteiger partial charge in [-0.05, 0) is 44.1 Å². The van der Waals surface area contributed by atoms with Crippen LogP contribution in [0.15, 0.2) is 12.1 Å². The maximum atomic E-state index is 6.10. The largest absolute Gasteiger partial charge is 0.378 e. The van der Waals surface area contributed by atoms with Crippen LogP contribution in [0.5, 0.6) is 0 Å². The van der Waals surface area contributed by atoms with E-state index in [-0.39, 0.29) is 0 Å². The van der Waals surface area contributed by atoms with Gasteiger partial charge in [0.25, 0.3) is 0 Å². The second kappa shape index (κ2) is 5.09. The molecule has 1 N–H and O–H groups in total. The Morgan fingerprint density at radius 2 is 2.05 bits per heavy atom. The lowest BCUT2D eigenvalue weighted by Crippen LogP contribution is -2.33. The van der Waals surface area contributed by atoms with Gasteiger partial charge in [0, 0.05) is 12.6 Å². The van der Waals surface area contributed by atoms with E-state index in [2.05, 4.69) is 9.55 Å². The highest BCUT2D eigenvalue weighted by molar-refractivity contribution is 7.71. The van der Waals surface area contributed by atoms with E-state index in [0.717, 1.165) is 30.5 Å². The van der Waals surface area contributed by atoms with Crippen LogP contribution in [0.4, 0.5) is 0 Å². The van der Waals surface area contributed by atoms with Gasteiger partial charge in [0.1, 0.15) is 0 Å². The van der Waals surface area contributed by atoms with Crippen molar-refractivity contribution in [3.63, 3.8) is 0 Å². The first-order valence-corrected chi connectivity index (χ1v) is 7.47. The number of hydrogen-bond acceptors (Lipinski definition) is 2. The Balaban J connectivity index is 1.98. The van der Waals surface area contributed by atoms with Crippen molar-refractivity contribution in [1.82, 2.24) is 9.55 Å². The fourth-order valence-electron chi connectivity index (χ4n) is 2.60. The van der Waals surface area contributed by atoms with E-state index in [1.54, 1.807) is 0 Å². The Morgan fingerprint density at radius 3 is 2.74 bits per heavy atom. The highest BCUT2D eigenvalue weighted by Gasteiger charge is 2.32. The monoisotopic (exact) mass is 316 g/mol. The van der Waals surface area contributed by atoms with Crippen LogP contribution in [0.25, 0.3) is 11.0 Å². The van der Waals surface area contributed by atoms with Gasteiger partial charge in [0.05, 0.1) is 27.2 Å². The molecule has 0 aliphatic heterocycles. The molecule has 6 heteroatoms. The molecule has 0 atom stereocenters. The van der Waals surface area contributed by atoms with Crippen molar-refractivity contribution in [2.75, 3.05) is 6.61 Å². The Morgan fingerprint density at radius 1 is 1.37 bits per heavy atom. The summed E-state index contributed by atoms with van der Waals surface area (Å²) in [5.74, 6) is 0. The lowest BCUT2D eigenvalue weighted by atomic mass is 9.89. The number of nitrogens with one attached hydrogen (secondary N) is 1. The quantitative estimate of drug-likeness (QED) is 0.828. The number of ether oxygens (including phenoxy) is 1. The lowest BCUT2D eigenvalue weighted by molar-refractivity contribution is -0.0190. The second-order valence-corrected chi connectivity index (χ2v) is 5.99. The number of benzene rings is 1. The van der Waals surface area contributed by atoms with Gasteiger partial charge < -0.3 is 14.3 Å². The number of aromatic amines is 1. The smallest absolute Gasteiger partial charge is 0.178 e. The highest BCUT2D eigenvalue weighted by Crippen LogP contribution is 2.38. The molecule has 0 saturated heterocycles. The van der Waals surface area contributed by atoms with E-state index in [0.29, 0.717) is 27.0 Å². The van der Waals surface area contributed by atoms with Gasteiger partial charge in [0.15, 0.2) is 4.77 Å². The summed E-state index contributed by atoms with van der Waals surface area (Å²) < 4.78 is 8.44. The van der Waals surface area contributed by atoms with Crippen LogP contribution < -0.4 is 0 Å². The maximum Gasteiger partial charge on any atom is 0.178 e. The first kappa shape index (κ1) is 13.4. The van der Waals surface area contributed by atoms with Gasteiger partial charge in [0.2, 0.25) is 0 Å². The van der Waals surface area contributed by atoms with Crippen LogP contribution in [-0.4, -0.2) is 22.3 Å². The third-order valence-electron chi connectivity index (χ3n) is 3.60. The number of imidazole rings is 1. The molecule has 0 bridgehead atoms. The number of aromatic nitrogens is 2. The van der Waals surface area contributed by atoms with Gasteiger partial charge in [-0.15, -0.1) is 0 Å². The second-order valence-electron chi connectivity index (χ2n) is 4.79. The molecule has 2 aromatic rings. The van der Waals surface area contributed by atoms with E-state index in [1.165, 1.54) is 0 Å². The average Bonchev–Trinajstić information content (AvgIpc) is 2.60. The normalized spacial score (nSPS) is 22.7. The predicted octanol–water partition coefficient (Wildman–Crippen LogP) is 4.75. The molecular formula is C13H14Cl2N2OS. The molecule has 102 valence electrons. The topological polar surface area (TPSA) is 29.9 Å². The van der Waals surface area contributed by atoms with E-state index < -0.39 is 0 Å². The molecule has 3 rings (SSSR count). The van der Waals surface area contributed by atoms with Gasteiger partial charge >= 0.3 is 0 Å². The van der Waals surface area contributed by atoms with Crippen LogP contribution in [0.3, 0.4) is 0 Å². The molecule has 1 heterocycles. The molecule has 19 heavy (non-hydrogen) atoms. The molecule has 1 saturated carbocycles. The zero-order valence-electron chi connectivity index (χ0n) is 10.5. The van der Waals surface area contributed by atoms with Crippen LogP contribution in [0.1, 0.15) is 25.8 Å². The van der Waals surface area contributed by atoms with E-state index >= 15 is 0 Å². The number of nitrogens with zero attached hydrogens (tertiary/aromatic N) is 1. The van der Waals surface area contributed by atoms with Gasteiger partial charge in [-0.3, -0.25) is 0 Å². The van der Waals surface area contributed by atoms with Crippen LogP contribution in [0.2, 0.25) is 10.0 Å². The van der Waals surface area contributed by atoms with Crippen molar-refractivity contribution >= 4 is 46.5 Å². The summed E-state index contributed by atoms with van der Waals surface area (Å²) in [6.07, 6.45) is 2.34. The maximum absolute atomic E-state index is 6.10. The van der Waals surface area contributed by atoms with Crippen LogP contribution >= 0.6 is 35.4 Å². The van der Waals surface area contributed by atoms with Crippen molar-refractivity contribution in [2.45, 2.75) is 31.9 Å². The SMILES string of the molecule is CCOC1CC(n2c(=S)[nH]c3cc(Cl)c(Cl)cc32)C1. The van der Waals surface area contributed by atoms with Crippen molar-refractivity contribution in [1.29, 1.82) is 0 Å². The molecule has 1 aromatic carbocycles. The standard InChI is InChI=1S/C13H14Cl2N2OS/c1-2-18-8-3-7(4-8)17-12-6-10(15)9(14)5-11(12)16-13(17)19/h5-8H,2-4H2,1H3,(H,16,19). The predicted molar refractivity (Wildman–Crippen MR) is 80.8 cm³/mol. The summed E-state index contributed by atoms with van der Waals surface area (Å²) in [5, 5.41) is 1.09. The number of fused-ring (bicyclic) bond motifs is 1. The van der Waals surface area contributed by atoms with Crippen molar-refractivity contribution < 1.29 is 4.74 Å². The summed E-state index contributed by atoms with van der Waals surface area (Å²) >= 11 is 17.5. The summed E-state index contributed by atoms with van der Waals surface area (Å²) in [6, 6.07) is 4.08. The third-order valence-corrected chi connectivity index (χ3v) is 4.62. The third kappa shape index (κ3) is 2.31. The Labute approximate surface area is 126 Å². The first-order chi connectivity index (χ1) is 9.10. The number of rotatable bonds is 3. The minimum absolute atomic E-state index is 0.352. The van der Waals surface area contributed by atoms with Gasteiger partial charge in [-0.1, -0.05) is 23.2 Å². The zero-order valence-corrected chi connectivity index (χ0v) is 12.8. The molecule has 1 aliphatic rings. The molecule has 1 fully saturated rings. The Kier molecular flexibility index (Phi) is 3.60. The zero-order chi connectivity index (χ0) is 13.6. The number of halogens is 2. The van der Waals surface area contributed by atoms with Crippen LogP contribution in [0, 0.1) is 4.77 Å². The first-order valence-electron chi connectivity index (χ1n) is 6.31. The molecule has 1 aromatic heterocycles. The average molecular weight is 317 g/mol. The summed E-state index contributed by atoms with van der Waals surface area (Å²) in [7, 11) is 0. The fraction of sp³-hybridized carbons (Fsp3) is 0.462. The van der Waals surface area contributed by atoms with E-state index in [1.807, 2.05) is 19.1 Å². The molecular weight excluding hydrogens is 303 g/mol. The molecule has 1 aliphatic carbocycles. The summed E-state index contributed by atoms with van der Waals surface area (Å²) in [5.41, 5.74) is 1.94. The molecule has 0 spiro atoms. The fourth-order valence-corrected chi connectivity index (χ4v) is 3.28. The van der Waals surface area contributed by atoms with Gasteiger partial charge in [-0.2, -0.15) is 0 Å². The van der Waals surface area contributed by atoms with Crippen molar-refractivity contribution in [3.05, 3.63) is 26.9 Å². The number of H-pyrrole nitrogens is 1. The molecule has 3 nitrogen and oxygen atoms in total. The van der Waals surface area contributed by atoms with E-state index in [9.17, 15) is 0 Å². The molecule has 0 amide bonds. The molecule has 0 unspecified atom stereocenters.